The molecule has 1 aromatic rings. The zero-order valence-electron chi connectivity index (χ0n) is 12.2. The summed E-state index contributed by atoms with van der Waals surface area (Å²) in [5, 5.41) is 11.3. The molecule has 0 radical (unpaired) electrons. The monoisotopic (exact) mass is 295 g/mol. The number of rotatable bonds is 6. The van der Waals surface area contributed by atoms with Crippen LogP contribution in [-0.4, -0.2) is 38.3 Å². The van der Waals surface area contributed by atoms with Gasteiger partial charge in [-0.25, -0.2) is 4.79 Å². The van der Waals surface area contributed by atoms with Crippen molar-refractivity contribution in [3.8, 4) is 17.2 Å². The van der Waals surface area contributed by atoms with Gasteiger partial charge in [-0.2, -0.15) is 0 Å². The Morgan fingerprint density at radius 2 is 1.71 bits per heavy atom. The normalized spacial score (nSPS) is 10.8. The quantitative estimate of drug-likeness (QED) is 0.768. The largest absolute Gasteiger partial charge is 0.493 e. The van der Waals surface area contributed by atoms with Gasteiger partial charge in [-0.15, -0.1) is 0 Å². The predicted octanol–water partition coefficient (Wildman–Crippen LogP) is 1.27. The molecule has 1 rings (SSSR count). The Bertz CT molecular complexity index is 579. The molecule has 7 heteroatoms. The highest BCUT2D eigenvalue weighted by molar-refractivity contribution is 5.96. The van der Waals surface area contributed by atoms with Gasteiger partial charge in [0.25, 0.3) is 0 Å². The molecule has 0 aliphatic carbocycles. The number of carboxylic acids is 1. The molecule has 0 atom stereocenters. The average Bonchev–Trinajstić information content (AvgIpc) is 2.45. The molecule has 0 aliphatic heterocycles. The summed E-state index contributed by atoms with van der Waals surface area (Å²) >= 11 is 0. The Labute approximate surface area is 122 Å². The molecule has 114 valence electrons. The smallest absolute Gasteiger partial charge is 0.352 e. The summed E-state index contributed by atoms with van der Waals surface area (Å²) < 4.78 is 15.6. The Kier molecular flexibility index (Phi) is 5.59. The van der Waals surface area contributed by atoms with Crippen molar-refractivity contribution in [1.82, 2.24) is 5.32 Å². The van der Waals surface area contributed by atoms with Crippen molar-refractivity contribution in [3.63, 3.8) is 0 Å². The number of hydrogen-bond acceptors (Lipinski definition) is 5. The number of nitrogens with one attached hydrogen (secondary N) is 1. The van der Waals surface area contributed by atoms with Gasteiger partial charge in [-0.3, -0.25) is 4.79 Å². The van der Waals surface area contributed by atoms with Crippen LogP contribution in [0.15, 0.2) is 17.8 Å². The Morgan fingerprint density at radius 3 is 2.14 bits per heavy atom. The highest BCUT2D eigenvalue weighted by atomic mass is 16.5. The third-order valence-corrected chi connectivity index (χ3v) is 2.58. The lowest BCUT2D eigenvalue weighted by molar-refractivity contribution is -0.134. The van der Waals surface area contributed by atoms with Gasteiger partial charge < -0.3 is 24.6 Å². The lowest BCUT2D eigenvalue weighted by Gasteiger charge is -2.14. The zero-order chi connectivity index (χ0) is 16.0. The summed E-state index contributed by atoms with van der Waals surface area (Å²) in [5.74, 6) is -0.657. The molecule has 1 amide bonds. The molecule has 0 saturated heterocycles. The van der Waals surface area contributed by atoms with E-state index in [1.54, 1.807) is 12.1 Å². The highest BCUT2D eigenvalue weighted by Gasteiger charge is 2.17. The number of carbonyl (C=O) groups excluding carboxylic acids is 1. The third-order valence-electron chi connectivity index (χ3n) is 2.58. The number of carboxylic acid groups (broad SMARTS) is 1. The van der Waals surface area contributed by atoms with Gasteiger partial charge >= 0.3 is 5.97 Å². The first-order valence-corrected chi connectivity index (χ1v) is 5.96. The van der Waals surface area contributed by atoms with E-state index < -0.39 is 11.9 Å². The van der Waals surface area contributed by atoms with E-state index in [-0.39, 0.29) is 5.70 Å². The first-order chi connectivity index (χ1) is 9.94. The molecule has 0 aromatic heterocycles. The SMILES string of the molecule is COc1ccc(C=C(NC(C)=O)C(=O)O)c(OC)c1OC. The van der Waals surface area contributed by atoms with Crippen LogP contribution in [0.2, 0.25) is 0 Å². The van der Waals surface area contributed by atoms with E-state index in [9.17, 15) is 9.59 Å². The van der Waals surface area contributed by atoms with Gasteiger partial charge in [0.2, 0.25) is 11.7 Å². The molecule has 0 bridgehead atoms. The van der Waals surface area contributed by atoms with Crippen LogP contribution in [0, 0.1) is 0 Å². The highest BCUT2D eigenvalue weighted by Crippen LogP contribution is 2.40. The van der Waals surface area contributed by atoms with Crippen molar-refractivity contribution in [2.75, 3.05) is 21.3 Å². The minimum atomic E-state index is -1.26. The van der Waals surface area contributed by atoms with E-state index in [0.717, 1.165) is 0 Å². The number of amides is 1. The maximum atomic E-state index is 11.1. The number of benzene rings is 1. The topological polar surface area (TPSA) is 94.1 Å². The summed E-state index contributed by atoms with van der Waals surface area (Å²) in [5.41, 5.74) is 0.161. The second-order valence-electron chi connectivity index (χ2n) is 3.97. The lowest BCUT2D eigenvalue weighted by Crippen LogP contribution is -2.24. The van der Waals surface area contributed by atoms with E-state index >= 15 is 0 Å². The van der Waals surface area contributed by atoms with Crippen LogP contribution in [0.1, 0.15) is 12.5 Å². The lowest BCUT2D eigenvalue weighted by atomic mass is 10.1. The molecule has 0 saturated carbocycles. The van der Waals surface area contributed by atoms with E-state index in [1.807, 2.05) is 0 Å². The molecular formula is C14H17NO6. The van der Waals surface area contributed by atoms with Gasteiger partial charge in [-0.1, -0.05) is 0 Å². The van der Waals surface area contributed by atoms with Gasteiger partial charge in [-0.05, 0) is 18.2 Å². The number of hydrogen-bond donors (Lipinski definition) is 2. The fourth-order valence-corrected chi connectivity index (χ4v) is 1.73. The average molecular weight is 295 g/mol. The molecule has 7 nitrogen and oxygen atoms in total. The van der Waals surface area contributed by atoms with Crippen molar-refractivity contribution in [2.24, 2.45) is 0 Å². The van der Waals surface area contributed by atoms with Crippen LogP contribution in [0.4, 0.5) is 0 Å². The summed E-state index contributed by atoms with van der Waals surface area (Å²) in [6.45, 7) is 1.22. The molecule has 0 aliphatic rings. The summed E-state index contributed by atoms with van der Waals surface area (Å²) in [6, 6.07) is 3.21. The maximum absolute atomic E-state index is 11.1. The summed E-state index contributed by atoms with van der Waals surface area (Å²) in [4.78, 5) is 22.2. The Balaban J connectivity index is 3.41. The first-order valence-electron chi connectivity index (χ1n) is 5.96. The Hall–Kier alpha value is -2.70. The zero-order valence-corrected chi connectivity index (χ0v) is 12.2. The fourth-order valence-electron chi connectivity index (χ4n) is 1.73. The van der Waals surface area contributed by atoms with E-state index in [0.29, 0.717) is 22.8 Å². The minimum Gasteiger partial charge on any atom is -0.493 e. The molecule has 0 spiro atoms. The van der Waals surface area contributed by atoms with Crippen LogP contribution in [0.3, 0.4) is 0 Å². The van der Waals surface area contributed by atoms with E-state index in [1.165, 1.54) is 34.3 Å². The first kappa shape index (κ1) is 16.4. The number of ether oxygens (including phenoxy) is 3. The second-order valence-corrected chi connectivity index (χ2v) is 3.97. The summed E-state index contributed by atoms with van der Waals surface area (Å²) in [7, 11) is 4.35. The van der Waals surface area contributed by atoms with Gasteiger partial charge in [0.15, 0.2) is 11.5 Å². The molecular weight excluding hydrogens is 278 g/mol. The van der Waals surface area contributed by atoms with Gasteiger partial charge in [0.1, 0.15) is 5.70 Å². The standard InChI is InChI=1S/C14H17NO6/c1-8(16)15-10(14(17)18)7-9-5-6-11(19-2)13(21-4)12(9)20-3/h5-7H,1-4H3,(H,15,16)(H,17,18). The van der Waals surface area contributed by atoms with Crippen molar-refractivity contribution < 1.29 is 28.9 Å². The van der Waals surface area contributed by atoms with Gasteiger partial charge in [0.05, 0.1) is 21.3 Å². The van der Waals surface area contributed by atoms with Crippen molar-refractivity contribution in [1.29, 1.82) is 0 Å². The van der Waals surface area contributed by atoms with E-state index in [2.05, 4.69) is 5.32 Å². The fraction of sp³-hybridized carbons (Fsp3) is 0.286. The molecule has 1 aromatic carbocycles. The van der Waals surface area contributed by atoms with E-state index in [4.69, 9.17) is 19.3 Å². The van der Waals surface area contributed by atoms with Crippen LogP contribution in [0.25, 0.3) is 6.08 Å². The molecule has 0 unspecified atom stereocenters. The second kappa shape index (κ2) is 7.18. The molecule has 21 heavy (non-hydrogen) atoms. The minimum absolute atomic E-state index is 0.270. The molecule has 0 fully saturated rings. The van der Waals surface area contributed by atoms with Gasteiger partial charge in [0, 0.05) is 12.5 Å². The molecule has 2 N–H and O–H groups in total. The maximum Gasteiger partial charge on any atom is 0.352 e. The van der Waals surface area contributed by atoms with Crippen molar-refractivity contribution >= 4 is 18.0 Å². The van der Waals surface area contributed by atoms with Crippen LogP contribution in [0.5, 0.6) is 17.2 Å². The van der Waals surface area contributed by atoms with Crippen LogP contribution < -0.4 is 19.5 Å². The van der Waals surface area contributed by atoms with Crippen molar-refractivity contribution in [3.05, 3.63) is 23.4 Å². The summed E-state index contributed by atoms with van der Waals surface area (Å²) in [6.07, 6.45) is 1.28. The number of carbonyl (C=O) groups is 2. The van der Waals surface area contributed by atoms with Crippen LogP contribution >= 0.6 is 0 Å². The number of aliphatic carboxylic acids is 1. The van der Waals surface area contributed by atoms with Crippen LogP contribution in [-0.2, 0) is 9.59 Å². The predicted molar refractivity (Wildman–Crippen MR) is 75.5 cm³/mol. The third kappa shape index (κ3) is 3.88. The Morgan fingerprint density at radius 1 is 1.10 bits per heavy atom. The molecule has 0 heterocycles. The number of methoxy groups -OCH3 is 3. The van der Waals surface area contributed by atoms with Crippen molar-refractivity contribution in [2.45, 2.75) is 6.92 Å².